The number of nitrogens with one attached hydrogen (secondary N) is 3. The molecule has 0 bridgehead atoms. The van der Waals surface area contributed by atoms with Crippen LogP contribution in [0.15, 0.2) is 47.4 Å². The Kier molecular flexibility index (Phi) is 14.7. The molecule has 2 amide bonds. The fourth-order valence-corrected chi connectivity index (χ4v) is 4.01. The number of allylic oxidation sites excluding steroid dienone is 2. The van der Waals surface area contributed by atoms with Crippen LogP contribution in [0.3, 0.4) is 0 Å². The van der Waals surface area contributed by atoms with E-state index in [2.05, 4.69) is 34.4 Å². The average Bonchev–Trinajstić information content (AvgIpc) is 2.75. The number of rotatable bonds is 17. The first-order chi connectivity index (χ1) is 14.6. The van der Waals surface area contributed by atoms with Crippen molar-refractivity contribution in [1.29, 1.82) is 0 Å². The van der Waals surface area contributed by atoms with Crippen LogP contribution in [-0.4, -0.2) is 34.1 Å². The molecule has 0 heterocycles. The molecule has 0 aliphatic rings. The normalized spacial score (nSPS) is 11.6. The third-order valence-electron chi connectivity index (χ3n) is 4.71. The molecule has 0 saturated heterocycles. The van der Waals surface area contributed by atoms with Gasteiger partial charge in [-0.15, -0.1) is 0 Å². The Balaban J connectivity index is 1.91. The van der Waals surface area contributed by atoms with Crippen molar-refractivity contribution in [1.82, 2.24) is 15.4 Å². The summed E-state index contributed by atoms with van der Waals surface area (Å²) in [6.45, 7) is 4.09. The van der Waals surface area contributed by atoms with E-state index in [0.29, 0.717) is 18.0 Å². The predicted octanol–water partition coefficient (Wildman–Crippen LogP) is 4.74. The summed E-state index contributed by atoms with van der Waals surface area (Å²) in [5.74, 6) is 0. The zero-order valence-corrected chi connectivity index (χ0v) is 19.2. The largest absolute Gasteiger partial charge is 0.338 e. The minimum Gasteiger partial charge on any atom is -0.338 e. The molecular formula is C23H39N3O3S. The second-order valence-corrected chi connectivity index (χ2v) is 9.18. The lowest BCUT2D eigenvalue weighted by Crippen LogP contribution is -2.36. The summed E-state index contributed by atoms with van der Waals surface area (Å²) < 4.78 is 26.8. The molecule has 0 aliphatic carbocycles. The maximum atomic E-state index is 12.1. The Bertz CT molecular complexity index is 691. The van der Waals surface area contributed by atoms with Gasteiger partial charge in [-0.2, -0.15) is 0 Å². The summed E-state index contributed by atoms with van der Waals surface area (Å²) in [6.07, 6.45) is 14.7. The minimum atomic E-state index is -3.38. The van der Waals surface area contributed by atoms with Crippen molar-refractivity contribution in [2.24, 2.45) is 0 Å². The van der Waals surface area contributed by atoms with Crippen LogP contribution in [0.1, 0.15) is 71.1 Å². The highest BCUT2D eigenvalue weighted by molar-refractivity contribution is 7.89. The summed E-state index contributed by atoms with van der Waals surface area (Å²) in [5.41, 5.74) is 0. The summed E-state index contributed by atoms with van der Waals surface area (Å²) in [6, 6.07) is 8.40. The molecule has 0 unspecified atom stereocenters. The van der Waals surface area contributed by atoms with E-state index in [9.17, 15) is 13.2 Å². The van der Waals surface area contributed by atoms with Gasteiger partial charge in [0.05, 0.1) is 4.90 Å². The van der Waals surface area contributed by atoms with E-state index < -0.39 is 10.0 Å². The highest BCUT2D eigenvalue weighted by Crippen LogP contribution is 2.08. The molecule has 1 rings (SSSR count). The Morgan fingerprint density at radius 1 is 0.800 bits per heavy atom. The molecule has 30 heavy (non-hydrogen) atoms. The lowest BCUT2D eigenvalue weighted by atomic mass is 10.1. The number of carbonyl (C=O) groups excluding carboxylic acids is 1. The maximum Gasteiger partial charge on any atom is 0.314 e. The first kappa shape index (κ1) is 26.2. The van der Waals surface area contributed by atoms with Crippen LogP contribution in [0.5, 0.6) is 0 Å². The number of hydrogen-bond donors (Lipinski definition) is 3. The number of hydrogen-bond acceptors (Lipinski definition) is 3. The van der Waals surface area contributed by atoms with Crippen molar-refractivity contribution in [2.75, 3.05) is 19.6 Å². The van der Waals surface area contributed by atoms with Crippen LogP contribution in [0.4, 0.5) is 4.79 Å². The lowest BCUT2D eigenvalue weighted by molar-refractivity contribution is 0.240. The van der Waals surface area contributed by atoms with Gasteiger partial charge < -0.3 is 10.6 Å². The molecule has 3 N–H and O–H groups in total. The maximum absolute atomic E-state index is 12.1. The second-order valence-electron chi connectivity index (χ2n) is 7.42. The van der Waals surface area contributed by atoms with Crippen LogP contribution in [0, 0.1) is 0 Å². The van der Waals surface area contributed by atoms with Crippen molar-refractivity contribution in [2.45, 2.75) is 76.0 Å². The number of urea groups is 1. The van der Waals surface area contributed by atoms with Gasteiger partial charge >= 0.3 is 6.03 Å². The van der Waals surface area contributed by atoms with Crippen LogP contribution in [0.2, 0.25) is 0 Å². The van der Waals surface area contributed by atoms with Gasteiger partial charge in [-0.05, 0) is 57.1 Å². The summed E-state index contributed by atoms with van der Waals surface area (Å²) in [4.78, 5) is 11.9. The summed E-state index contributed by atoms with van der Waals surface area (Å²) in [5, 5.41) is 5.76. The molecule has 0 fully saturated rings. The van der Waals surface area contributed by atoms with Gasteiger partial charge in [-0.3, -0.25) is 0 Å². The van der Waals surface area contributed by atoms with Crippen LogP contribution < -0.4 is 15.4 Å². The van der Waals surface area contributed by atoms with Gasteiger partial charge in [0.15, 0.2) is 0 Å². The topological polar surface area (TPSA) is 87.3 Å². The van der Waals surface area contributed by atoms with Crippen molar-refractivity contribution >= 4 is 16.1 Å². The smallest absolute Gasteiger partial charge is 0.314 e. The van der Waals surface area contributed by atoms with E-state index in [-0.39, 0.29) is 6.03 Å². The first-order valence-corrected chi connectivity index (χ1v) is 12.8. The SMILES string of the molecule is CCCCCNC(=O)NCCCC/C=C\CCCCCNS(=O)(=O)c1ccccc1. The van der Waals surface area contributed by atoms with Crippen molar-refractivity contribution in [3.05, 3.63) is 42.5 Å². The highest BCUT2D eigenvalue weighted by atomic mass is 32.2. The van der Waals surface area contributed by atoms with Gasteiger partial charge in [0.25, 0.3) is 0 Å². The molecular weight excluding hydrogens is 398 g/mol. The van der Waals surface area contributed by atoms with E-state index in [0.717, 1.165) is 70.8 Å². The number of benzene rings is 1. The third-order valence-corrected chi connectivity index (χ3v) is 6.19. The Morgan fingerprint density at radius 2 is 1.37 bits per heavy atom. The minimum absolute atomic E-state index is 0.0623. The van der Waals surface area contributed by atoms with Crippen LogP contribution >= 0.6 is 0 Å². The summed E-state index contributed by atoms with van der Waals surface area (Å²) >= 11 is 0. The fourth-order valence-electron chi connectivity index (χ4n) is 2.92. The Labute approximate surface area is 183 Å². The average molecular weight is 438 g/mol. The second kappa shape index (κ2) is 16.9. The molecule has 6 nitrogen and oxygen atoms in total. The van der Waals surface area contributed by atoms with Gasteiger partial charge in [0.2, 0.25) is 10.0 Å². The van der Waals surface area contributed by atoms with E-state index in [1.807, 2.05) is 0 Å². The van der Waals surface area contributed by atoms with E-state index >= 15 is 0 Å². The molecule has 0 spiro atoms. The Morgan fingerprint density at radius 3 is 2.00 bits per heavy atom. The molecule has 7 heteroatoms. The first-order valence-electron chi connectivity index (χ1n) is 11.3. The molecule has 1 aromatic rings. The number of sulfonamides is 1. The lowest BCUT2D eigenvalue weighted by Gasteiger charge is -2.06. The van der Waals surface area contributed by atoms with Gasteiger partial charge in [0, 0.05) is 19.6 Å². The highest BCUT2D eigenvalue weighted by Gasteiger charge is 2.11. The molecule has 0 aliphatic heterocycles. The molecule has 0 aromatic heterocycles. The van der Waals surface area contributed by atoms with Gasteiger partial charge in [0.1, 0.15) is 0 Å². The van der Waals surface area contributed by atoms with Gasteiger partial charge in [-0.25, -0.2) is 17.9 Å². The zero-order valence-electron chi connectivity index (χ0n) is 18.4. The quantitative estimate of drug-likeness (QED) is 0.243. The molecule has 1 aromatic carbocycles. The number of carbonyl (C=O) groups is 1. The van der Waals surface area contributed by atoms with Crippen molar-refractivity contribution in [3.63, 3.8) is 0 Å². The molecule has 0 atom stereocenters. The van der Waals surface area contributed by atoms with E-state index in [1.54, 1.807) is 30.3 Å². The third kappa shape index (κ3) is 13.4. The number of unbranched alkanes of at least 4 members (excludes halogenated alkanes) is 7. The zero-order chi connectivity index (χ0) is 21.9. The Hall–Kier alpha value is -1.86. The van der Waals surface area contributed by atoms with E-state index in [4.69, 9.17) is 0 Å². The fraction of sp³-hybridized carbons (Fsp3) is 0.609. The van der Waals surface area contributed by atoms with Gasteiger partial charge in [-0.1, -0.05) is 56.5 Å². The predicted molar refractivity (Wildman–Crippen MR) is 124 cm³/mol. The standard InChI is InChI=1S/C23H39N3O3S/c1-2-3-14-19-24-23(27)25-20-15-9-7-5-4-6-8-10-16-21-26-30(28,29)22-17-12-11-13-18-22/h4-5,11-13,17-18,26H,2-3,6-10,14-16,19-21H2,1H3,(H2,24,25,27)/b5-4-. The molecule has 0 radical (unpaired) electrons. The van der Waals surface area contributed by atoms with Crippen LogP contribution in [0.25, 0.3) is 0 Å². The van der Waals surface area contributed by atoms with Crippen molar-refractivity contribution in [3.8, 4) is 0 Å². The summed E-state index contributed by atoms with van der Waals surface area (Å²) in [7, 11) is -3.38. The van der Waals surface area contributed by atoms with Crippen LogP contribution in [-0.2, 0) is 10.0 Å². The monoisotopic (exact) mass is 437 g/mol. The number of amides is 2. The molecule has 170 valence electrons. The van der Waals surface area contributed by atoms with E-state index in [1.165, 1.54) is 0 Å². The molecule has 0 saturated carbocycles. The van der Waals surface area contributed by atoms with Crippen molar-refractivity contribution < 1.29 is 13.2 Å².